The summed E-state index contributed by atoms with van der Waals surface area (Å²) in [6, 6.07) is 6.94. The van der Waals surface area contributed by atoms with E-state index in [1.807, 2.05) is 0 Å². The van der Waals surface area contributed by atoms with Crippen LogP contribution >= 0.6 is 0 Å². The van der Waals surface area contributed by atoms with Gasteiger partial charge in [0.2, 0.25) is 17.7 Å². The number of anilines is 2. The molecule has 0 aromatic heterocycles. The van der Waals surface area contributed by atoms with Crippen molar-refractivity contribution >= 4 is 35.1 Å². The van der Waals surface area contributed by atoms with Gasteiger partial charge in [0.05, 0.1) is 16.8 Å². The Labute approximate surface area is 145 Å². The van der Waals surface area contributed by atoms with E-state index in [1.54, 1.807) is 24.3 Å². The van der Waals surface area contributed by atoms with E-state index in [0.29, 0.717) is 11.4 Å². The molecule has 8 nitrogen and oxygen atoms in total. The summed E-state index contributed by atoms with van der Waals surface area (Å²) in [5.74, 6) is -2.05. The lowest BCUT2D eigenvalue weighted by Crippen LogP contribution is -2.43. The van der Waals surface area contributed by atoms with Gasteiger partial charge in [-0.05, 0) is 26.0 Å². The second kappa shape index (κ2) is 7.33. The van der Waals surface area contributed by atoms with Crippen LogP contribution in [0.4, 0.5) is 11.4 Å². The number of carboxylic acids is 1. The molecule has 0 atom stereocenters. The van der Waals surface area contributed by atoms with Crippen molar-refractivity contribution in [3.63, 3.8) is 0 Å². The molecule has 0 unspecified atom stereocenters. The van der Waals surface area contributed by atoms with Crippen molar-refractivity contribution in [3.8, 4) is 0 Å². The summed E-state index contributed by atoms with van der Waals surface area (Å²) < 4.78 is 0. The highest BCUT2D eigenvalue weighted by molar-refractivity contribution is 6.10. The average Bonchev–Trinajstić information content (AvgIpc) is 2.56. The van der Waals surface area contributed by atoms with Crippen LogP contribution in [0.2, 0.25) is 0 Å². The number of benzene rings is 1. The number of rotatable bonds is 6. The second-order valence-corrected chi connectivity index (χ2v) is 6.51. The van der Waals surface area contributed by atoms with Crippen LogP contribution in [-0.2, 0) is 19.2 Å². The number of carboxylic acid groups (broad SMARTS) is 1. The fourth-order valence-corrected chi connectivity index (χ4v) is 2.29. The van der Waals surface area contributed by atoms with Gasteiger partial charge in [-0.2, -0.15) is 0 Å². The van der Waals surface area contributed by atoms with Gasteiger partial charge in [-0.25, -0.2) is 0 Å². The van der Waals surface area contributed by atoms with E-state index in [-0.39, 0.29) is 37.7 Å². The first-order valence-electron chi connectivity index (χ1n) is 7.90. The van der Waals surface area contributed by atoms with Crippen LogP contribution in [0, 0.1) is 5.41 Å². The summed E-state index contributed by atoms with van der Waals surface area (Å²) in [4.78, 5) is 48.3. The summed E-state index contributed by atoms with van der Waals surface area (Å²) in [5.41, 5.74) is 0.0723. The number of hydrogen-bond donors (Lipinski definition) is 3. The van der Waals surface area contributed by atoms with E-state index in [0.717, 1.165) is 0 Å². The quantitative estimate of drug-likeness (QED) is 0.709. The molecule has 1 aromatic carbocycles. The predicted octanol–water partition coefficient (Wildman–Crippen LogP) is 0.979. The summed E-state index contributed by atoms with van der Waals surface area (Å²) in [7, 11) is 0. The topological polar surface area (TPSA) is 116 Å². The molecular weight excluding hydrogens is 326 g/mol. The molecule has 0 fully saturated rings. The van der Waals surface area contributed by atoms with Crippen LogP contribution in [0.3, 0.4) is 0 Å². The maximum Gasteiger partial charge on any atom is 0.310 e. The van der Waals surface area contributed by atoms with Crippen molar-refractivity contribution in [1.82, 2.24) is 5.32 Å². The third kappa shape index (κ3) is 4.56. The smallest absolute Gasteiger partial charge is 0.310 e. The zero-order chi connectivity index (χ0) is 18.6. The maximum absolute atomic E-state index is 12.4. The molecule has 2 rings (SSSR count). The van der Waals surface area contributed by atoms with E-state index in [4.69, 9.17) is 5.11 Å². The highest BCUT2D eigenvalue weighted by Crippen LogP contribution is 2.29. The number of amides is 3. The fraction of sp³-hybridized carbons (Fsp3) is 0.412. The lowest BCUT2D eigenvalue weighted by Gasteiger charge is -2.29. The normalized spacial score (nSPS) is 13.7. The lowest BCUT2D eigenvalue weighted by molar-refractivity contribution is -0.146. The van der Waals surface area contributed by atoms with Crippen LogP contribution in [0.25, 0.3) is 0 Å². The molecule has 0 saturated carbocycles. The largest absolute Gasteiger partial charge is 0.481 e. The van der Waals surface area contributed by atoms with Gasteiger partial charge in [0.15, 0.2) is 0 Å². The molecule has 0 spiro atoms. The first-order valence-corrected chi connectivity index (χ1v) is 7.90. The number of carbonyl (C=O) groups excluding carboxylic acids is 3. The molecule has 3 amide bonds. The van der Waals surface area contributed by atoms with Gasteiger partial charge in [-0.3, -0.25) is 19.2 Å². The second-order valence-electron chi connectivity index (χ2n) is 6.51. The summed E-state index contributed by atoms with van der Waals surface area (Å²) in [5, 5.41) is 14.2. The van der Waals surface area contributed by atoms with Gasteiger partial charge >= 0.3 is 5.97 Å². The molecule has 0 saturated heterocycles. The minimum Gasteiger partial charge on any atom is -0.481 e. The zero-order valence-electron chi connectivity index (χ0n) is 14.2. The summed E-state index contributed by atoms with van der Waals surface area (Å²) >= 11 is 0. The average molecular weight is 347 g/mol. The molecular formula is C17H21N3O5. The van der Waals surface area contributed by atoms with Crippen molar-refractivity contribution < 1.29 is 24.3 Å². The highest BCUT2D eigenvalue weighted by Gasteiger charge is 2.29. The monoisotopic (exact) mass is 347 g/mol. The Morgan fingerprint density at radius 1 is 1.24 bits per heavy atom. The van der Waals surface area contributed by atoms with Crippen molar-refractivity contribution in [2.75, 3.05) is 23.3 Å². The van der Waals surface area contributed by atoms with Gasteiger partial charge in [-0.1, -0.05) is 12.1 Å². The van der Waals surface area contributed by atoms with Crippen LogP contribution in [-0.4, -0.2) is 41.9 Å². The molecule has 1 heterocycles. The Balaban J connectivity index is 1.91. The zero-order valence-corrected chi connectivity index (χ0v) is 14.2. The minimum atomic E-state index is -1.08. The van der Waals surface area contributed by atoms with Crippen molar-refractivity contribution in [3.05, 3.63) is 24.3 Å². The van der Waals surface area contributed by atoms with Gasteiger partial charge in [0.1, 0.15) is 6.54 Å². The number of hydrogen-bond acceptors (Lipinski definition) is 4. The molecule has 1 aliphatic heterocycles. The fourth-order valence-electron chi connectivity index (χ4n) is 2.29. The minimum absolute atomic E-state index is 0.0235. The lowest BCUT2D eigenvalue weighted by atomic mass is 9.94. The molecule has 0 bridgehead atoms. The van der Waals surface area contributed by atoms with E-state index < -0.39 is 17.3 Å². The van der Waals surface area contributed by atoms with Crippen molar-refractivity contribution in [2.45, 2.75) is 26.7 Å². The van der Waals surface area contributed by atoms with E-state index in [9.17, 15) is 19.2 Å². The Morgan fingerprint density at radius 3 is 2.60 bits per heavy atom. The molecule has 1 aliphatic rings. The third-order valence-corrected chi connectivity index (χ3v) is 3.94. The van der Waals surface area contributed by atoms with E-state index in [2.05, 4.69) is 10.6 Å². The first kappa shape index (κ1) is 18.4. The summed E-state index contributed by atoms with van der Waals surface area (Å²) in [6.07, 6.45) is -0.143. The molecule has 1 aromatic rings. The number of nitrogens with zero attached hydrogens (tertiary/aromatic N) is 1. The number of fused-ring (bicyclic) bond motifs is 1. The molecule has 8 heteroatoms. The first-order chi connectivity index (χ1) is 11.7. The number of nitrogens with one attached hydrogen (secondary N) is 2. The Hall–Kier alpha value is -2.90. The number of para-hydroxylation sites is 2. The molecule has 25 heavy (non-hydrogen) atoms. The SMILES string of the molecule is CC(C)(CNC(=O)CCC(=O)N1CC(=O)Nc2ccccc21)C(=O)O. The van der Waals surface area contributed by atoms with Crippen LogP contribution < -0.4 is 15.5 Å². The van der Waals surface area contributed by atoms with E-state index in [1.165, 1.54) is 18.7 Å². The molecule has 3 N–H and O–H groups in total. The molecule has 0 aliphatic carbocycles. The number of aliphatic carboxylic acids is 1. The highest BCUT2D eigenvalue weighted by atomic mass is 16.4. The summed E-state index contributed by atoms with van der Waals surface area (Å²) in [6.45, 7) is 2.89. The van der Waals surface area contributed by atoms with Crippen LogP contribution in [0.5, 0.6) is 0 Å². The van der Waals surface area contributed by atoms with Crippen LogP contribution in [0.1, 0.15) is 26.7 Å². The Kier molecular flexibility index (Phi) is 5.41. The van der Waals surface area contributed by atoms with Crippen LogP contribution in [0.15, 0.2) is 24.3 Å². The van der Waals surface area contributed by atoms with E-state index >= 15 is 0 Å². The van der Waals surface area contributed by atoms with Gasteiger partial charge in [0, 0.05) is 19.4 Å². The Bertz CT molecular complexity index is 714. The van der Waals surface area contributed by atoms with Gasteiger partial charge in [0.25, 0.3) is 0 Å². The Morgan fingerprint density at radius 2 is 1.92 bits per heavy atom. The van der Waals surface area contributed by atoms with Crippen molar-refractivity contribution in [1.29, 1.82) is 0 Å². The maximum atomic E-state index is 12.4. The van der Waals surface area contributed by atoms with Crippen molar-refractivity contribution in [2.24, 2.45) is 5.41 Å². The van der Waals surface area contributed by atoms with Gasteiger partial charge < -0.3 is 20.6 Å². The molecule has 0 radical (unpaired) electrons. The number of carbonyl (C=O) groups is 4. The standard InChI is InChI=1S/C17H21N3O5/c1-17(2,16(24)25)10-18-13(21)7-8-15(23)20-9-14(22)19-11-5-3-4-6-12(11)20/h3-6H,7-10H2,1-2H3,(H,18,21)(H,19,22)(H,24,25). The molecule has 134 valence electrons. The van der Waals surface area contributed by atoms with Gasteiger partial charge in [-0.15, -0.1) is 0 Å². The third-order valence-electron chi connectivity index (χ3n) is 3.94. The predicted molar refractivity (Wildman–Crippen MR) is 91.1 cm³/mol.